The molecule has 94 valence electrons. The zero-order chi connectivity index (χ0) is 13.2. The van der Waals surface area contributed by atoms with Gasteiger partial charge < -0.3 is 0 Å². The predicted octanol–water partition coefficient (Wildman–Crippen LogP) is 2.83. The molecule has 3 heteroatoms. The molecular weight excluding hydrogens is 238 g/mol. The fourth-order valence-corrected chi connectivity index (χ4v) is 2.41. The van der Waals surface area contributed by atoms with Crippen molar-refractivity contribution in [2.75, 3.05) is 0 Å². The van der Waals surface area contributed by atoms with Crippen LogP contribution < -0.4 is 0 Å². The van der Waals surface area contributed by atoms with Gasteiger partial charge in [-0.25, -0.2) is 0 Å². The van der Waals surface area contributed by atoms with E-state index >= 15 is 0 Å². The lowest BCUT2D eigenvalue weighted by Crippen LogP contribution is -2.13. The summed E-state index contributed by atoms with van der Waals surface area (Å²) in [7, 11) is 0. The molecule has 1 aromatic carbocycles. The van der Waals surface area contributed by atoms with Gasteiger partial charge in [0.15, 0.2) is 5.78 Å². The van der Waals surface area contributed by atoms with Crippen LogP contribution in [0.4, 0.5) is 0 Å². The quantitative estimate of drug-likeness (QED) is 0.771. The van der Waals surface area contributed by atoms with E-state index in [4.69, 9.17) is 0 Å². The molecule has 0 spiro atoms. The first kappa shape index (κ1) is 11.8. The number of hydrogen-bond acceptors (Lipinski definition) is 3. The molecule has 0 atom stereocenters. The second kappa shape index (κ2) is 4.76. The summed E-state index contributed by atoms with van der Waals surface area (Å²) in [4.78, 5) is 28.2. The minimum absolute atomic E-state index is 0.136. The zero-order valence-electron chi connectivity index (χ0n) is 10.4. The van der Waals surface area contributed by atoms with E-state index in [2.05, 4.69) is 4.98 Å². The average Bonchev–Trinajstić information content (AvgIpc) is 2.47. The maximum absolute atomic E-state index is 12.3. The number of pyridine rings is 1. The summed E-state index contributed by atoms with van der Waals surface area (Å²) >= 11 is 0. The molecule has 19 heavy (non-hydrogen) atoms. The van der Waals surface area contributed by atoms with Gasteiger partial charge in [-0.1, -0.05) is 18.2 Å². The van der Waals surface area contributed by atoms with E-state index in [1.165, 1.54) is 0 Å². The van der Waals surface area contributed by atoms with Crippen LogP contribution in [-0.2, 0) is 6.42 Å². The highest BCUT2D eigenvalue weighted by molar-refractivity contribution is 6.09. The summed E-state index contributed by atoms with van der Waals surface area (Å²) in [6.07, 6.45) is 3.99. The summed E-state index contributed by atoms with van der Waals surface area (Å²) in [6, 6.07) is 10.6. The molecule has 0 aliphatic heterocycles. The highest BCUT2D eigenvalue weighted by atomic mass is 16.1. The van der Waals surface area contributed by atoms with Gasteiger partial charge in [-0.2, -0.15) is 0 Å². The Bertz CT molecular complexity index is 647. The van der Waals surface area contributed by atoms with E-state index in [0.717, 1.165) is 18.4 Å². The number of carbonyl (C=O) groups is 2. The number of carbonyl (C=O) groups excluding carboxylic acids is 2. The van der Waals surface area contributed by atoms with Crippen molar-refractivity contribution in [3.63, 3.8) is 0 Å². The second-order valence-corrected chi connectivity index (χ2v) is 4.69. The SMILES string of the molecule is O=C(c1ccc2c(c1)C(=O)CCC2)c1ccccn1. The average molecular weight is 251 g/mol. The number of Topliss-reactive ketones (excluding diaryl/α,β-unsaturated/α-hetero) is 1. The Morgan fingerprint density at radius 3 is 2.79 bits per heavy atom. The Kier molecular flexibility index (Phi) is 2.95. The third-order valence-electron chi connectivity index (χ3n) is 3.42. The highest BCUT2D eigenvalue weighted by Crippen LogP contribution is 2.23. The zero-order valence-corrected chi connectivity index (χ0v) is 10.4. The number of rotatable bonds is 2. The molecule has 0 radical (unpaired) electrons. The standard InChI is InChI=1S/C16H13NO2/c18-15-6-3-4-11-7-8-12(10-13(11)15)16(19)14-5-1-2-9-17-14/h1-2,5,7-10H,3-4,6H2. The number of benzene rings is 1. The van der Waals surface area contributed by atoms with Crippen molar-refractivity contribution in [2.24, 2.45) is 0 Å². The van der Waals surface area contributed by atoms with E-state index < -0.39 is 0 Å². The monoisotopic (exact) mass is 251 g/mol. The molecule has 0 saturated carbocycles. The Hall–Kier alpha value is -2.29. The minimum Gasteiger partial charge on any atom is -0.294 e. The van der Waals surface area contributed by atoms with Crippen LogP contribution in [0.1, 0.15) is 44.8 Å². The molecule has 1 aliphatic carbocycles. The third-order valence-corrected chi connectivity index (χ3v) is 3.42. The molecule has 0 fully saturated rings. The Labute approximate surface area is 111 Å². The highest BCUT2D eigenvalue weighted by Gasteiger charge is 2.19. The van der Waals surface area contributed by atoms with E-state index in [1.807, 2.05) is 6.07 Å². The largest absolute Gasteiger partial charge is 0.294 e. The van der Waals surface area contributed by atoms with Gasteiger partial charge >= 0.3 is 0 Å². The lowest BCUT2D eigenvalue weighted by atomic mass is 9.88. The number of fused-ring (bicyclic) bond motifs is 1. The predicted molar refractivity (Wildman–Crippen MR) is 71.4 cm³/mol. The first-order valence-corrected chi connectivity index (χ1v) is 6.37. The van der Waals surface area contributed by atoms with Gasteiger partial charge in [0.1, 0.15) is 5.69 Å². The lowest BCUT2D eigenvalue weighted by Gasteiger charge is -2.15. The molecule has 0 amide bonds. The van der Waals surface area contributed by atoms with Gasteiger partial charge in [0.2, 0.25) is 5.78 Å². The van der Waals surface area contributed by atoms with Crippen LogP contribution in [0, 0.1) is 0 Å². The first-order valence-electron chi connectivity index (χ1n) is 6.37. The maximum Gasteiger partial charge on any atom is 0.211 e. The fourth-order valence-electron chi connectivity index (χ4n) is 2.41. The van der Waals surface area contributed by atoms with Crippen LogP contribution >= 0.6 is 0 Å². The van der Waals surface area contributed by atoms with Crippen molar-refractivity contribution in [1.29, 1.82) is 0 Å². The van der Waals surface area contributed by atoms with Crippen molar-refractivity contribution in [1.82, 2.24) is 4.98 Å². The van der Waals surface area contributed by atoms with Crippen molar-refractivity contribution in [3.8, 4) is 0 Å². The van der Waals surface area contributed by atoms with Crippen LogP contribution in [0.5, 0.6) is 0 Å². The number of aryl methyl sites for hydroxylation is 1. The van der Waals surface area contributed by atoms with Crippen molar-refractivity contribution >= 4 is 11.6 Å². The third kappa shape index (κ3) is 2.19. The molecule has 0 saturated heterocycles. The normalized spacial score (nSPS) is 14.0. The minimum atomic E-state index is -0.137. The molecule has 0 bridgehead atoms. The molecule has 3 rings (SSSR count). The summed E-state index contributed by atoms with van der Waals surface area (Å²) < 4.78 is 0. The van der Waals surface area contributed by atoms with Crippen LogP contribution in [-0.4, -0.2) is 16.6 Å². The smallest absolute Gasteiger partial charge is 0.211 e. The van der Waals surface area contributed by atoms with E-state index in [-0.39, 0.29) is 11.6 Å². The number of hydrogen-bond donors (Lipinski definition) is 0. The van der Waals surface area contributed by atoms with E-state index in [9.17, 15) is 9.59 Å². The first-order chi connectivity index (χ1) is 9.25. The summed E-state index contributed by atoms with van der Waals surface area (Å²) in [5, 5.41) is 0. The van der Waals surface area contributed by atoms with Crippen molar-refractivity contribution in [2.45, 2.75) is 19.3 Å². The van der Waals surface area contributed by atoms with Crippen molar-refractivity contribution in [3.05, 3.63) is 65.0 Å². The Morgan fingerprint density at radius 1 is 1.11 bits per heavy atom. The van der Waals surface area contributed by atoms with Gasteiger partial charge in [-0.05, 0) is 36.6 Å². The van der Waals surface area contributed by atoms with Crippen molar-refractivity contribution < 1.29 is 9.59 Å². The lowest BCUT2D eigenvalue weighted by molar-refractivity contribution is 0.0972. The van der Waals surface area contributed by atoms with Crippen LogP contribution in [0.3, 0.4) is 0 Å². The molecule has 2 aromatic rings. The number of nitrogens with zero attached hydrogens (tertiary/aromatic N) is 1. The maximum atomic E-state index is 12.3. The van der Waals surface area contributed by atoms with Crippen LogP contribution in [0.15, 0.2) is 42.6 Å². The molecule has 1 aliphatic rings. The topological polar surface area (TPSA) is 47.0 Å². The Morgan fingerprint density at radius 2 is 2.00 bits per heavy atom. The van der Waals surface area contributed by atoms with E-state index in [1.54, 1.807) is 36.5 Å². The summed E-state index contributed by atoms with van der Waals surface area (Å²) in [6.45, 7) is 0. The van der Waals surface area contributed by atoms with Gasteiger partial charge in [0.25, 0.3) is 0 Å². The molecular formula is C16H13NO2. The number of ketones is 2. The van der Waals surface area contributed by atoms with Gasteiger partial charge in [0, 0.05) is 23.7 Å². The van der Waals surface area contributed by atoms with Crippen LogP contribution in [0.25, 0.3) is 0 Å². The van der Waals surface area contributed by atoms with Gasteiger partial charge in [-0.3, -0.25) is 14.6 Å². The molecule has 3 nitrogen and oxygen atoms in total. The second-order valence-electron chi connectivity index (χ2n) is 4.69. The molecule has 0 N–H and O–H groups in total. The molecule has 1 heterocycles. The summed E-state index contributed by atoms with van der Waals surface area (Å²) in [5.74, 6) is -0.00121. The molecule has 1 aromatic heterocycles. The fraction of sp³-hybridized carbons (Fsp3) is 0.188. The summed E-state index contributed by atoms with van der Waals surface area (Å²) in [5.41, 5.74) is 2.69. The van der Waals surface area contributed by atoms with E-state index in [0.29, 0.717) is 23.2 Å². The van der Waals surface area contributed by atoms with Gasteiger partial charge in [-0.15, -0.1) is 0 Å². The van der Waals surface area contributed by atoms with Gasteiger partial charge in [0.05, 0.1) is 0 Å². The molecule has 0 unspecified atom stereocenters. The van der Waals surface area contributed by atoms with Crippen LogP contribution in [0.2, 0.25) is 0 Å². The number of aromatic nitrogens is 1. The Balaban J connectivity index is 2.01.